The van der Waals surface area contributed by atoms with Crippen molar-refractivity contribution >= 4 is 0 Å². The second-order valence-corrected chi connectivity index (χ2v) is 4.48. The largest absolute Gasteiger partial charge is 0.327 e. The standard InChI is InChI=1S/C13H20N2/c14-13-8-4-5-9-15(11-13)10-12-6-2-1-3-7-12/h1-3,6-7,13H,4-5,8-11,14H2/t13-/m1/s1. The summed E-state index contributed by atoms with van der Waals surface area (Å²) in [5.41, 5.74) is 7.43. The molecule has 0 amide bonds. The van der Waals surface area contributed by atoms with Gasteiger partial charge in [-0.1, -0.05) is 36.8 Å². The van der Waals surface area contributed by atoms with Crippen molar-refractivity contribution in [3.8, 4) is 0 Å². The predicted octanol–water partition coefficient (Wildman–Crippen LogP) is 2.00. The molecule has 1 heterocycles. The summed E-state index contributed by atoms with van der Waals surface area (Å²) in [4.78, 5) is 2.48. The van der Waals surface area contributed by atoms with Crippen LogP contribution in [0.1, 0.15) is 24.8 Å². The average molecular weight is 204 g/mol. The summed E-state index contributed by atoms with van der Waals surface area (Å²) in [6.07, 6.45) is 3.76. The first-order valence-corrected chi connectivity index (χ1v) is 5.86. The lowest BCUT2D eigenvalue weighted by atomic mass is 10.1. The van der Waals surface area contributed by atoms with Crippen LogP contribution < -0.4 is 5.73 Å². The van der Waals surface area contributed by atoms with Crippen LogP contribution in [0.4, 0.5) is 0 Å². The first-order valence-electron chi connectivity index (χ1n) is 5.86. The Balaban J connectivity index is 1.93. The third kappa shape index (κ3) is 3.33. The molecule has 1 aromatic carbocycles. The highest BCUT2D eigenvalue weighted by molar-refractivity contribution is 5.14. The minimum Gasteiger partial charge on any atom is -0.327 e. The lowest BCUT2D eigenvalue weighted by molar-refractivity contribution is 0.265. The molecule has 2 N–H and O–H groups in total. The van der Waals surface area contributed by atoms with Crippen LogP contribution in [0.2, 0.25) is 0 Å². The number of likely N-dealkylation sites (tertiary alicyclic amines) is 1. The number of hydrogen-bond donors (Lipinski definition) is 1. The molecule has 15 heavy (non-hydrogen) atoms. The maximum absolute atomic E-state index is 6.04. The summed E-state index contributed by atoms with van der Waals surface area (Å²) >= 11 is 0. The Morgan fingerprint density at radius 1 is 1.20 bits per heavy atom. The van der Waals surface area contributed by atoms with E-state index in [1.54, 1.807) is 0 Å². The van der Waals surface area contributed by atoms with E-state index in [0.717, 1.165) is 13.1 Å². The van der Waals surface area contributed by atoms with Gasteiger partial charge < -0.3 is 5.73 Å². The van der Waals surface area contributed by atoms with Gasteiger partial charge in [0.1, 0.15) is 0 Å². The molecule has 0 aromatic heterocycles. The summed E-state index contributed by atoms with van der Waals surface area (Å²) in [5.74, 6) is 0. The van der Waals surface area contributed by atoms with Gasteiger partial charge in [-0.2, -0.15) is 0 Å². The van der Waals surface area contributed by atoms with Gasteiger partial charge in [0.05, 0.1) is 0 Å². The van der Waals surface area contributed by atoms with E-state index in [0.29, 0.717) is 6.04 Å². The molecule has 1 atom stereocenters. The van der Waals surface area contributed by atoms with Crippen molar-refractivity contribution in [3.05, 3.63) is 35.9 Å². The fourth-order valence-electron chi connectivity index (χ4n) is 2.24. The van der Waals surface area contributed by atoms with E-state index in [9.17, 15) is 0 Å². The zero-order chi connectivity index (χ0) is 10.5. The van der Waals surface area contributed by atoms with E-state index in [4.69, 9.17) is 5.73 Å². The van der Waals surface area contributed by atoms with Gasteiger partial charge in [-0.05, 0) is 24.9 Å². The molecule has 1 aromatic rings. The molecule has 1 aliphatic rings. The molecule has 1 saturated heterocycles. The van der Waals surface area contributed by atoms with Gasteiger partial charge in [0.25, 0.3) is 0 Å². The van der Waals surface area contributed by atoms with Crippen LogP contribution in [0.25, 0.3) is 0 Å². The summed E-state index contributed by atoms with van der Waals surface area (Å²) in [6, 6.07) is 11.0. The van der Waals surface area contributed by atoms with Gasteiger partial charge in [0.2, 0.25) is 0 Å². The Hall–Kier alpha value is -0.860. The molecule has 82 valence electrons. The topological polar surface area (TPSA) is 29.3 Å². The van der Waals surface area contributed by atoms with E-state index >= 15 is 0 Å². The summed E-state index contributed by atoms with van der Waals surface area (Å²) in [6.45, 7) is 3.30. The maximum atomic E-state index is 6.04. The van der Waals surface area contributed by atoms with Gasteiger partial charge in [-0.15, -0.1) is 0 Å². The quantitative estimate of drug-likeness (QED) is 0.798. The van der Waals surface area contributed by atoms with Crippen molar-refractivity contribution in [3.63, 3.8) is 0 Å². The molecular formula is C13H20N2. The summed E-state index contributed by atoms with van der Waals surface area (Å²) < 4.78 is 0. The Morgan fingerprint density at radius 3 is 2.80 bits per heavy atom. The van der Waals surface area contributed by atoms with E-state index in [-0.39, 0.29) is 0 Å². The number of nitrogens with two attached hydrogens (primary N) is 1. The smallest absolute Gasteiger partial charge is 0.0234 e. The molecule has 1 fully saturated rings. The van der Waals surface area contributed by atoms with Crippen LogP contribution in [0.5, 0.6) is 0 Å². The van der Waals surface area contributed by atoms with Gasteiger partial charge in [0, 0.05) is 19.1 Å². The molecule has 0 bridgehead atoms. The highest BCUT2D eigenvalue weighted by Gasteiger charge is 2.14. The Kier molecular flexibility index (Phi) is 3.75. The average Bonchev–Trinajstić information content (AvgIpc) is 2.44. The van der Waals surface area contributed by atoms with Crippen LogP contribution in [0, 0.1) is 0 Å². The zero-order valence-corrected chi connectivity index (χ0v) is 9.23. The molecule has 2 nitrogen and oxygen atoms in total. The number of rotatable bonds is 2. The van der Waals surface area contributed by atoms with Crippen LogP contribution in [0.3, 0.4) is 0 Å². The highest BCUT2D eigenvalue weighted by Crippen LogP contribution is 2.12. The van der Waals surface area contributed by atoms with Crippen LogP contribution in [-0.4, -0.2) is 24.0 Å². The first kappa shape index (κ1) is 10.7. The summed E-state index contributed by atoms with van der Waals surface area (Å²) in [7, 11) is 0. The van der Waals surface area contributed by atoms with Crippen LogP contribution in [0.15, 0.2) is 30.3 Å². The van der Waals surface area contributed by atoms with E-state index < -0.39 is 0 Å². The highest BCUT2D eigenvalue weighted by atomic mass is 15.1. The summed E-state index contributed by atoms with van der Waals surface area (Å²) in [5, 5.41) is 0. The van der Waals surface area contributed by atoms with Crippen molar-refractivity contribution in [1.29, 1.82) is 0 Å². The van der Waals surface area contributed by atoms with Gasteiger partial charge in [0.15, 0.2) is 0 Å². The lowest BCUT2D eigenvalue weighted by Crippen LogP contribution is -2.35. The Labute approximate surface area is 92.1 Å². The van der Waals surface area contributed by atoms with E-state index in [2.05, 4.69) is 35.2 Å². The molecular weight excluding hydrogens is 184 g/mol. The molecule has 0 radical (unpaired) electrons. The fourth-order valence-corrected chi connectivity index (χ4v) is 2.24. The maximum Gasteiger partial charge on any atom is 0.0234 e. The second-order valence-electron chi connectivity index (χ2n) is 4.48. The van der Waals surface area contributed by atoms with Gasteiger partial charge in [-0.3, -0.25) is 4.90 Å². The van der Waals surface area contributed by atoms with E-state index in [1.807, 2.05) is 0 Å². The molecule has 2 heteroatoms. The van der Waals surface area contributed by atoms with Crippen LogP contribution in [-0.2, 0) is 6.54 Å². The van der Waals surface area contributed by atoms with E-state index in [1.165, 1.54) is 31.4 Å². The first-order chi connectivity index (χ1) is 7.34. The molecule has 0 saturated carbocycles. The fraction of sp³-hybridized carbons (Fsp3) is 0.538. The number of hydrogen-bond acceptors (Lipinski definition) is 2. The molecule has 0 aliphatic carbocycles. The second kappa shape index (κ2) is 5.29. The van der Waals surface area contributed by atoms with Gasteiger partial charge in [-0.25, -0.2) is 0 Å². The van der Waals surface area contributed by atoms with Crippen molar-refractivity contribution in [1.82, 2.24) is 4.90 Å². The normalized spacial score (nSPS) is 23.7. The van der Waals surface area contributed by atoms with Crippen LogP contribution >= 0.6 is 0 Å². The van der Waals surface area contributed by atoms with Crippen molar-refractivity contribution < 1.29 is 0 Å². The monoisotopic (exact) mass is 204 g/mol. The molecule has 1 aliphatic heterocycles. The molecule has 2 rings (SSSR count). The minimum atomic E-state index is 0.371. The predicted molar refractivity (Wildman–Crippen MR) is 63.5 cm³/mol. The number of nitrogens with zero attached hydrogens (tertiary/aromatic N) is 1. The molecule has 0 spiro atoms. The van der Waals surface area contributed by atoms with Crippen molar-refractivity contribution in [2.75, 3.05) is 13.1 Å². The third-order valence-corrected chi connectivity index (χ3v) is 3.04. The third-order valence-electron chi connectivity index (χ3n) is 3.04. The minimum absolute atomic E-state index is 0.371. The zero-order valence-electron chi connectivity index (χ0n) is 9.23. The Bertz CT molecular complexity index is 284. The van der Waals surface area contributed by atoms with Gasteiger partial charge >= 0.3 is 0 Å². The van der Waals surface area contributed by atoms with Crippen molar-refractivity contribution in [2.45, 2.75) is 31.8 Å². The SMILES string of the molecule is N[C@@H]1CCCCN(Cc2ccccc2)C1. The van der Waals surface area contributed by atoms with Crippen molar-refractivity contribution in [2.24, 2.45) is 5.73 Å². The lowest BCUT2D eigenvalue weighted by Gasteiger charge is -2.22. The molecule has 0 unspecified atom stereocenters. The number of benzene rings is 1. The Morgan fingerprint density at radius 2 is 2.00 bits per heavy atom.